The standard InChI is InChI=1S/C15H16F5NO4/c1-4-24-9(23)5-21(7(2)3)8(22)6-25-15-13(19)11(17)10(16)12(18)14(15)20/h7H,4-6H2,1-3H3. The molecule has 0 radical (unpaired) electrons. The van der Waals surface area contributed by atoms with Gasteiger partial charge in [0.25, 0.3) is 5.91 Å². The molecule has 0 aliphatic carbocycles. The first-order chi connectivity index (χ1) is 11.6. The molecule has 0 aromatic heterocycles. The van der Waals surface area contributed by atoms with Crippen LogP contribution in [0.1, 0.15) is 20.8 Å². The zero-order valence-electron chi connectivity index (χ0n) is 13.7. The largest absolute Gasteiger partial charge is 0.477 e. The van der Waals surface area contributed by atoms with E-state index in [1.54, 1.807) is 20.8 Å². The maximum absolute atomic E-state index is 13.5. The van der Waals surface area contributed by atoms with Crippen LogP contribution in [0.3, 0.4) is 0 Å². The molecule has 0 spiro atoms. The van der Waals surface area contributed by atoms with Gasteiger partial charge < -0.3 is 14.4 Å². The van der Waals surface area contributed by atoms with Gasteiger partial charge in [0.05, 0.1) is 6.61 Å². The molecule has 0 unspecified atom stereocenters. The van der Waals surface area contributed by atoms with E-state index in [-0.39, 0.29) is 6.61 Å². The molecular formula is C15H16F5NO4. The number of halogens is 5. The van der Waals surface area contributed by atoms with E-state index in [1.807, 2.05) is 0 Å². The van der Waals surface area contributed by atoms with Crippen molar-refractivity contribution in [1.29, 1.82) is 0 Å². The van der Waals surface area contributed by atoms with E-state index in [0.717, 1.165) is 4.90 Å². The summed E-state index contributed by atoms with van der Waals surface area (Å²) in [6.45, 7) is 3.26. The van der Waals surface area contributed by atoms with Crippen molar-refractivity contribution >= 4 is 11.9 Å². The molecule has 0 bridgehead atoms. The number of carbonyl (C=O) groups is 2. The summed E-state index contributed by atoms with van der Waals surface area (Å²) < 4.78 is 75.2. The van der Waals surface area contributed by atoms with Gasteiger partial charge in [0.1, 0.15) is 6.54 Å². The van der Waals surface area contributed by atoms with Gasteiger partial charge in [0, 0.05) is 6.04 Å². The minimum Gasteiger partial charge on any atom is -0.477 e. The van der Waals surface area contributed by atoms with Crippen LogP contribution in [-0.2, 0) is 14.3 Å². The van der Waals surface area contributed by atoms with E-state index < -0.39 is 65.9 Å². The number of hydrogen-bond donors (Lipinski definition) is 0. The summed E-state index contributed by atoms with van der Waals surface area (Å²) >= 11 is 0. The van der Waals surface area contributed by atoms with Gasteiger partial charge in [0.2, 0.25) is 29.1 Å². The highest BCUT2D eigenvalue weighted by atomic mass is 19.2. The molecule has 140 valence electrons. The van der Waals surface area contributed by atoms with Crippen molar-refractivity contribution in [1.82, 2.24) is 4.90 Å². The van der Waals surface area contributed by atoms with Crippen LogP contribution in [0, 0.1) is 29.1 Å². The van der Waals surface area contributed by atoms with Crippen LogP contribution in [-0.4, -0.2) is 42.6 Å². The SMILES string of the molecule is CCOC(=O)CN(C(=O)COc1c(F)c(F)c(F)c(F)c1F)C(C)C. The smallest absolute Gasteiger partial charge is 0.325 e. The van der Waals surface area contributed by atoms with Crippen LogP contribution < -0.4 is 4.74 Å². The molecule has 1 rings (SSSR count). The van der Waals surface area contributed by atoms with E-state index in [2.05, 4.69) is 9.47 Å². The molecular weight excluding hydrogens is 353 g/mol. The van der Waals surface area contributed by atoms with Crippen molar-refractivity contribution < 1.29 is 41.0 Å². The quantitative estimate of drug-likeness (QED) is 0.321. The molecule has 0 N–H and O–H groups in total. The Balaban J connectivity index is 2.92. The Bertz CT molecular complexity index is 637. The predicted octanol–water partition coefficient (Wildman–Crippen LogP) is 2.56. The van der Waals surface area contributed by atoms with Crippen LogP contribution in [0.25, 0.3) is 0 Å². The fraction of sp³-hybridized carbons (Fsp3) is 0.467. The fourth-order valence-electron chi connectivity index (χ4n) is 1.83. The van der Waals surface area contributed by atoms with Crippen molar-refractivity contribution in [2.75, 3.05) is 19.8 Å². The van der Waals surface area contributed by atoms with Crippen molar-refractivity contribution in [2.24, 2.45) is 0 Å². The second-order valence-electron chi connectivity index (χ2n) is 5.11. The number of benzene rings is 1. The normalized spacial score (nSPS) is 10.8. The Morgan fingerprint density at radius 3 is 1.88 bits per heavy atom. The topological polar surface area (TPSA) is 55.8 Å². The van der Waals surface area contributed by atoms with Gasteiger partial charge in [-0.25, -0.2) is 13.2 Å². The van der Waals surface area contributed by atoms with E-state index in [1.165, 1.54) is 0 Å². The minimum absolute atomic E-state index is 0.0833. The highest BCUT2D eigenvalue weighted by Gasteiger charge is 2.28. The second kappa shape index (κ2) is 8.63. The molecule has 0 aliphatic heterocycles. The van der Waals surface area contributed by atoms with Crippen molar-refractivity contribution in [2.45, 2.75) is 26.8 Å². The average molecular weight is 369 g/mol. The molecule has 10 heteroatoms. The summed E-state index contributed by atoms with van der Waals surface area (Å²) in [6.07, 6.45) is 0. The lowest BCUT2D eigenvalue weighted by Crippen LogP contribution is -2.43. The first-order valence-electron chi connectivity index (χ1n) is 7.21. The Morgan fingerprint density at radius 1 is 0.960 bits per heavy atom. The lowest BCUT2D eigenvalue weighted by molar-refractivity contribution is -0.150. The Labute approximate surface area is 140 Å². The Morgan fingerprint density at radius 2 is 1.44 bits per heavy atom. The number of rotatable bonds is 7. The first-order valence-corrected chi connectivity index (χ1v) is 7.21. The number of carbonyl (C=O) groups excluding carboxylic acids is 2. The summed E-state index contributed by atoms with van der Waals surface area (Å²) in [5, 5.41) is 0. The third kappa shape index (κ3) is 4.80. The molecule has 1 amide bonds. The number of nitrogens with zero attached hydrogens (tertiary/aromatic N) is 1. The van der Waals surface area contributed by atoms with E-state index in [9.17, 15) is 31.5 Å². The summed E-state index contributed by atoms with van der Waals surface area (Å²) in [5.41, 5.74) is 0. The van der Waals surface area contributed by atoms with Crippen molar-refractivity contribution in [3.8, 4) is 5.75 Å². The molecule has 0 saturated carbocycles. The molecule has 0 fully saturated rings. The molecule has 0 aliphatic rings. The van der Waals surface area contributed by atoms with Gasteiger partial charge in [-0.2, -0.15) is 8.78 Å². The molecule has 1 aromatic rings. The van der Waals surface area contributed by atoms with Crippen molar-refractivity contribution in [3.63, 3.8) is 0 Å². The number of amides is 1. The highest BCUT2D eigenvalue weighted by Crippen LogP contribution is 2.29. The van der Waals surface area contributed by atoms with Crippen molar-refractivity contribution in [3.05, 3.63) is 29.1 Å². The van der Waals surface area contributed by atoms with Crippen LogP contribution in [0.2, 0.25) is 0 Å². The molecule has 5 nitrogen and oxygen atoms in total. The Kier molecular flexibility index (Phi) is 7.13. The highest BCUT2D eigenvalue weighted by molar-refractivity contribution is 5.83. The lowest BCUT2D eigenvalue weighted by Gasteiger charge is -2.25. The van der Waals surface area contributed by atoms with Crippen LogP contribution in [0.5, 0.6) is 5.75 Å². The number of ether oxygens (including phenoxy) is 2. The second-order valence-corrected chi connectivity index (χ2v) is 5.11. The number of hydrogen-bond acceptors (Lipinski definition) is 4. The lowest BCUT2D eigenvalue weighted by atomic mass is 10.2. The average Bonchev–Trinajstić information content (AvgIpc) is 2.55. The van der Waals surface area contributed by atoms with E-state index in [0.29, 0.717) is 0 Å². The van der Waals surface area contributed by atoms with Gasteiger partial charge in [-0.1, -0.05) is 0 Å². The van der Waals surface area contributed by atoms with Crippen LogP contribution in [0.4, 0.5) is 22.0 Å². The van der Waals surface area contributed by atoms with Gasteiger partial charge in [-0.3, -0.25) is 9.59 Å². The summed E-state index contributed by atoms with van der Waals surface area (Å²) in [4.78, 5) is 24.5. The van der Waals surface area contributed by atoms with Gasteiger partial charge in [-0.05, 0) is 20.8 Å². The third-order valence-corrected chi connectivity index (χ3v) is 3.06. The molecule has 0 heterocycles. The zero-order chi connectivity index (χ0) is 19.3. The van der Waals surface area contributed by atoms with Crippen LogP contribution in [0.15, 0.2) is 0 Å². The van der Waals surface area contributed by atoms with Gasteiger partial charge in [0.15, 0.2) is 12.4 Å². The molecule has 0 atom stereocenters. The summed E-state index contributed by atoms with van der Waals surface area (Å²) in [5.74, 6) is -14.3. The first kappa shape index (κ1) is 20.7. The maximum atomic E-state index is 13.5. The van der Waals surface area contributed by atoms with Gasteiger partial charge in [-0.15, -0.1) is 0 Å². The van der Waals surface area contributed by atoms with E-state index >= 15 is 0 Å². The number of esters is 1. The maximum Gasteiger partial charge on any atom is 0.325 e. The monoisotopic (exact) mass is 369 g/mol. The zero-order valence-corrected chi connectivity index (χ0v) is 13.7. The Hall–Kier alpha value is -2.39. The third-order valence-electron chi connectivity index (χ3n) is 3.06. The molecule has 25 heavy (non-hydrogen) atoms. The minimum atomic E-state index is -2.33. The fourth-order valence-corrected chi connectivity index (χ4v) is 1.83. The van der Waals surface area contributed by atoms with Gasteiger partial charge >= 0.3 is 5.97 Å². The molecule has 1 aromatic carbocycles. The molecule has 0 saturated heterocycles. The summed E-state index contributed by atoms with van der Waals surface area (Å²) in [7, 11) is 0. The van der Waals surface area contributed by atoms with Crippen LogP contribution >= 0.6 is 0 Å². The predicted molar refractivity (Wildman–Crippen MR) is 75.2 cm³/mol. The van der Waals surface area contributed by atoms with E-state index in [4.69, 9.17) is 0 Å². The summed E-state index contributed by atoms with van der Waals surface area (Å²) in [6, 6.07) is -0.503.